The predicted molar refractivity (Wildman–Crippen MR) is 71.2 cm³/mol. The average Bonchev–Trinajstić information content (AvgIpc) is 2.35. The Morgan fingerprint density at radius 1 is 1.38 bits per heavy atom. The molecule has 16 heavy (non-hydrogen) atoms. The van der Waals surface area contributed by atoms with Gasteiger partial charge in [0.1, 0.15) is 0 Å². The fourth-order valence-corrected chi connectivity index (χ4v) is 2.49. The number of hydrogen-bond acceptors (Lipinski definition) is 0. The highest BCUT2D eigenvalue weighted by Crippen LogP contribution is 2.34. The van der Waals surface area contributed by atoms with E-state index in [-0.39, 0.29) is 0 Å². The van der Waals surface area contributed by atoms with E-state index in [1.165, 1.54) is 36.0 Å². The number of fused-ring (bicyclic) bond motifs is 1. The van der Waals surface area contributed by atoms with Crippen molar-refractivity contribution in [3.8, 4) is 0 Å². The van der Waals surface area contributed by atoms with E-state index in [1.54, 1.807) is 0 Å². The minimum absolute atomic E-state index is 0.775. The highest BCUT2D eigenvalue weighted by atomic mass is 14.2. The van der Waals surface area contributed by atoms with Crippen LogP contribution in [0.5, 0.6) is 0 Å². The molecule has 1 atom stereocenters. The smallest absolute Gasteiger partial charge is 0.0124 e. The summed E-state index contributed by atoms with van der Waals surface area (Å²) in [7, 11) is 0. The summed E-state index contributed by atoms with van der Waals surface area (Å²) < 4.78 is 0. The summed E-state index contributed by atoms with van der Waals surface area (Å²) in [6, 6.07) is 0. The van der Waals surface area contributed by atoms with Crippen LogP contribution in [0.2, 0.25) is 0 Å². The third kappa shape index (κ3) is 2.27. The van der Waals surface area contributed by atoms with Gasteiger partial charge < -0.3 is 0 Å². The molecule has 2 rings (SSSR count). The largest absolute Gasteiger partial charge is 0.0871 e. The maximum atomic E-state index is 2.39. The molecule has 0 amide bonds. The highest BCUT2D eigenvalue weighted by molar-refractivity contribution is 5.51. The second-order valence-corrected chi connectivity index (χ2v) is 4.46. The maximum Gasteiger partial charge on any atom is -0.0124 e. The molecule has 0 saturated heterocycles. The normalized spacial score (nSPS) is 25.4. The van der Waals surface area contributed by atoms with E-state index in [4.69, 9.17) is 0 Å². The Morgan fingerprint density at radius 2 is 2.25 bits per heavy atom. The minimum Gasteiger partial charge on any atom is -0.0871 e. The molecule has 1 unspecified atom stereocenters. The van der Waals surface area contributed by atoms with Crippen LogP contribution in [0.4, 0.5) is 0 Å². The minimum atomic E-state index is 0.775. The molecule has 0 aromatic rings. The van der Waals surface area contributed by atoms with Crippen LogP contribution < -0.4 is 0 Å². The SMILES string of the molecule is C/C=C\C(=C/C)C1=CCC2CCC=CC2=C1. The topological polar surface area (TPSA) is 0 Å². The number of rotatable bonds is 2. The first-order chi connectivity index (χ1) is 7.85. The second-order valence-electron chi connectivity index (χ2n) is 4.46. The van der Waals surface area contributed by atoms with Crippen LogP contribution in [0.1, 0.15) is 33.1 Å². The van der Waals surface area contributed by atoms with Crippen LogP contribution in [0, 0.1) is 5.92 Å². The van der Waals surface area contributed by atoms with Gasteiger partial charge in [0, 0.05) is 0 Å². The molecule has 0 aliphatic heterocycles. The molecule has 0 bridgehead atoms. The third-order valence-electron chi connectivity index (χ3n) is 3.40. The molecule has 0 radical (unpaired) electrons. The Bertz CT molecular complexity index is 400. The lowest BCUT2D eigenvalue weighted by atomic mass is 9.80. The Morgan fingerprint density at radius 3 is 3.00 bits per heavy atom. The van der Waals surface area contributed by atoms with Gasteiger partial charge in [0.15, 0.2) is 0 Å². The Labute approximate surface area is 98.8 Å². The van der Waals surface area contributed by atoms with E-state index < -0.39 is 0 Å². The van der Waals surface area contributed by atoms with Crippen molar-refractivity contribution < 1.29 is 0 Å². The number of allylic oxidation sites excluding steroid dienone is 10. The summed E-state index contributed by atoms with van der Waals surface area (Å²) in [6.07, 6.45) is 19.6. The predicted octanol–water partition coefficient (Wildman–Crippen LogP) is 4.73. The summed E-state index contributed by atoms with van der Waals surface area (Å²) in [6.45, 7) is 4.18. The first kappa shape index (κ1) is 11.2. The van der Waals surface area contributed by atoms with Gasteiger partial charge in [0.2, 0.25) is 0 Å². The average molecular weight is 212 g/mol. The monoisotopic (exact) mass is 212 g/mol. The number of hydrogen-bond donors (Lipinski definition) is 0. The molecule has 0 heterocycles. The van der Waals surface area contributed by atoms with Crippen LogP contribution in [0.25, 0.3) is 0 Å². The van der Waals surface area contributed by atoms with Crippen LogP contribution in [-0.2, 0) is 0 Å². The van der Waals surface area contributed by atoms with Crippen molar-refractivity contribution in [2.75, 3.05) is 0 Å². The molecule has 0 spiro atoms. The fourth-order valence-electron chi connectivity index (χ4n) is 2.49. The summed E-state index contributed by atoms with van der Waals surface area (Å²) in [5.41, 5.74) is 4.25. The van der Waals surface area contributed by atoms with Crippen molar-refractivity contribution in [1.29, 1.82) is 0 Å². The standard InChI is InChI=1S/C16H20/c1-3-7-13(4-2)16-11-10-14-8-5-6-9-15(14)12-16/h3-4,6-7,9,11-12,14H,5,8,10H2,1-2H3/b7-3-,13-4+. The summed E-state index contributed by atoms with van der Waals surface area (Å²) in [5, 5.41) is 0. The molecule has 0 heteroatoms. The summed E-state index contributed by atoms with van der Waals surface area (Å²) in [4.78, 5) is 0. The molecule has 84 valence electrons. The molecule has 0 saturated carbocycles. The van der Waals surface area contributed by atoms with Crippen molar-refractivity contribution in [2.45, 2.75) is 33.1 Å². The Balaban J connectivity index is 2.26. The van der Waals surface area contributed by atoms with E-state index >= 15 is 0 Å². The van der Waals surface area contributed by atoms with Gasteiger partial charge in [-0.15, -0.1) is 0 Å². The van der Waals surface area contributed by atoms with Gasteiger partial charge in [0.05, 0.1) is 0 Å². The molecular formula is C16H20. The molecular weight excluding hydrogens is 192 g/mol. The molecule has 0 fully saturated rings. The third-order valence-corrected chi connectivity index (χ3v) is 3.40. The molecule has 0 N–H and O–H groups in total. The fraction of sp³-hybridized carbons (Fsp3) is 0.375. The van der Waals surface area contributed by atoms with Crippen molar-refractivity contribution in [3.63, 3.8) is 0 Å². The second kappa shape index (κ2) is 5.16. The van der Waals surface area contributed by atoms with E-state index in [1.807, 2.05) is 0 Å². The zero-order valence-corrected chi connectivity index (χ0v) is 10.2. The molecule has 2 aliphatic rings. The van der Waals surface area contributed by atoms with Crippen molar-refractivity contribution in [3.05, 3.63) is 59.3 Å². The first-order valence-corrected chi connectivity index (χ1v) is 6.23. The highest BCUT2D eigenvalue weighted by Gasteiger charge is 2.18. The van der Waals surface area contributed by atoms with Gasteiger partial charge in [-0.25, -0.2) is 0 Å². The lowest BCUT2D eigenvalue weighted by Crippen LogP contribution is -2.09. The van der Waals surface area contributed by atoms with Crippen molar-refractivity contribution in [1.82, 2.24) is 0 Å². The molecule has 0 aromatic heterocycles. The summed E-state index contributed by atoms with van der Waals surface area (Å²) in [5.74, 6) is 0.775. The molecule has 0 aromatic carbocycles. The molecule has 0 nitrogen and oxygen atoms in total. The van der Waals surface area contributed by atoms with E-state index in [2.05, 4.69) is 56.4 Å². The maximum absolute atomic E-state index is 2.39. The van der Waals surface area contributed by atoms with Crippen LogP contribution in [-0.4, -0.2) is 0 Å². The lowest BCUT2D eigenvalue weighted by Gasteiger charge is -2.24. The van der Waals surface area contributed by atoms with Crippen LogP contribution in [0.15, 0.2) is 59.3 Å². The van der Waals surface area contributed by atoms with E-state index in [0.29, 0.717) is 0 Å². The van der Waals surface area contributed by atoms with E-state index in [0.717, 1.165) is 5.92 Å². The Hall–Kier alpha value is -1.30. The van der Waals surface area contributed by atoms with Crippen LogP contribution in [0.3, 0.4) is 0 Å². The van der Waals surface area contributed by atoms with Gasteiger partial charge in [-0.1, -0.05) is 42.5 Å². The lowest BCUT2D eigenvalue weighted by molar-refractivity contribution is 0.563. The Kier molecular flexibility index (Phi) is 3.61. The van der Waals surface area contributed by atoms with Gasteiger partial charge in [-0.2, -0.15) is 0 Å². The first-order valence-electron chi connectivity index (χ1n) is 6.23. The van der Waals surface area contributed by atoms with Crippen LogP contribution >= 0.6 is 0 Å². The van der Waals surface area contributed by atoms with Crippen molar-refractivity contribution in [2.24, 2.45) is 5.92 Å². The quantitative estimate of drug-likeness (QED) is 0.580. The van der Waals surface area contributed by atoms with Crippen molar-refractivity contribution >= 4 is 0 Å². The van der Waals surface area contributed by atoms with Gasteiger partial charge in [-0.3, -0.25) is 0 Å². The van der Waals surface area contributed by atoms with Gasteiger partial charge in [0.25, 0.3) is 0 Å². The van der Waals surface area contributed by atoms with Gasteiger partial charge in [-0.05, 0) is 55.7 Å². The zero-order valence-electron chi connectivity index (χ0n) is 10.2. The zero-order chi connectivity index (χ0) is 11.4. The summed E-state index contributed by atoms with van der Waals surface area (Å²) >= 11 is 0. The molecule has 2 aliphatic carbocycles. The van der Waals surface area contributed by atoms with Gasteiger partial charge >= 0.3 is 0 Å². The van der Waals surface area contributed by atoms with E-state index in [9.17, 15) is 0 Å².